The van der Waals surface area contributed by atoms with Crippen LogP contribution in [0.5, 0.6) is 0 Å². The standard InChI is InChI=1S/C21H28N6OS/c1-15-20(29-21(28)26(15)4)19(22)9-10-23-16(2)24-17-5-7-18(8-6-17)27-13-11-25(3)12-14-27/h5-10,24H,2,11-14,22H2,1,3-4H3/b19-9-,23-10-. The Kier molecular flexibility index (Phi) is 6.56. The van der Waals surface area contributed by atoms with Gasteiger partial charge in [0.25, 0.3) is 0 Å². The molecule has 0 unspecified atom stereocenters. The van der Waals surface area contributed by atoms with E-state index in [4.69, 9.17) is 5.73 Å². The molecule has 1 aromatic carbocycles. The molecule has 1 fully saturated rings. The molecule has 7 nitrogen and oxygen atoms in total. The molecule has 0 amide bonds. The Balaban J connectivity index is 1.57. The molecule has 0 radical (unpaired) electrons. The van der Waals surface area contributed by atoms with Crippen LogP contribution in [0.2, 0.25) is 0 Å². The molecular weight excluding hydrogens is 384 g/mol. The monoisotopic (exact) mass is 412 g/mol. The summed E-state index contributed by atoms with van der Waals surface area (Å²) in [6.45, 7) is 10.1. The number of likely N-dealkylation sites (N-methyl/N-ethyl adjacent to an activating group) is 1. The largest absolute Gasteiger partial charge is 0.397 e. The van der Waals surface area contributed by atoms with Crippen LogP contribution < -0.4 is 20.8 Å². The molecule has 29 heavy (non-hydrogen) atoms. The highest BCUT2D eigenvalue weighted by atomic mass is 32.1. The second kappa shape index (κ2) is 9.11. The predicted molar refractivity (Wildman–Crippen MR) is 124 cm³/mol. The van der Waals surface area contributed by atoms with Gasteiger partial charge in [0.2, 0.25) is 0 Å². The maximum absolute atomic E-state index is 11.7. The molecule has 1 saturated heterocycles. The van der Waals surface area contributed by atoms with E-state index in [-0.39, 0.29) is 4.87 Å². The van der Waals surface area contributed by atoms with Crippen LogP contribution in [0.1, 0.15) is 10.6 Å². The van der Waals surface area contributed by atoms with Gasteiger partial charge in [-0.1, -0.05) is 17.9 Å². The molecule has 154 valence electrons. The number of nitrogens with two attached hydrogens (primary N) is 1. The Labute approximate surface area is 175 Å². The van der Waals surface area contributed by atoms with Gasteiger partial charge in [0.1, 0.15) is 5.82 Å². The first kappa shape index (κ1) is 20.9. The lowest BCUT2D eigenvalue weighted by Gasteiger charge is -2.34. The molecule has 1 aliphatic heterocycles. The van der Waals surface area contributed by atoms with Crippen molar-refractivity contribution in [3.8, 4) is 0 Å². The molecule has 3 N–H and O–H groups in total. The Morgan fingerprint density at radius 3 is 2.45 bits per heavy atom. The lowest BCUT2D eigenvalue weighted by Crippen LogP contribution is -2.44. The van der Waals surface area contributed by atoms with E-state index in [0.717, 1.165) is 53.8 Å². The number of hydrogen-bond donors (Lipinski definition) is 2. The zero-order valence-corrected chi connectivity index (χ0v) is 18.0. The van der Waals surface area contributed by atoms with Gasteiger partial charge in [-0.3, -0.25) is 4.79 Å². The number of nitrogens with zero attached hydrogens (tertiary/aromatic N) is 4. The quantitative estimate of drug-likeness (QED) is 0.713. The summed E-state index contributed by atoms with van der Waals surface area (Å²) in [5, 5.41) is 3.18. The number of thiazole rings is 1. The topological polar surface area (TPSA) is 78.9 Å². The molecule has 8 heteroatoms. The van der Waals surface area contributed by atoms with Crippen molar-refractivity contribution in [1.82, 2.24) is 9.47 Å². The maximum Gasteiger partial charge on any atom is 0.307 e. The lowest BCUT2D eigenvalue weighted by molar-refractivity contribution is 0.313. The molecule has 0 aliphatic carbocycles. The van der Waals surface area contributed by atoms with Crippen molar-refractivity contribution in [2.24, 2.45) is 17.8 Å². The second-order valence-corrected chi connectivity index (χ2v) is 8.11. The second-order valence-electron chi connectivity index (χ2n) is 7.15. The van der Waals surface area contributed by atoms with Gasteiger partial charge in [0, 0.05) is 56.5 Å². The third-order valence-corrected chi connectivity index (χ3v) is 6.25. The highest BCUT2D eigenvalue weighted by Gasteiger charge is 2.14. The molecule has 0 saturated carbocycles. The van der Waals surface area contributed by atoms with E-state index in [1.165, 1.54) is 5.69 Å². The minimum absolute atomic E-state index is 0.0307. The van der Waals surface area contributed by atoms with E-state index in [1.807, 2.05) is 19.1 Å². The number of benzene rings is 1. The highest BCUT2D eigenvalue weighted by molar-refractivity contribution is 7.10. The first-order valence-electron chi connectivity index (χ1n) is 9.51. The van der Waals surface area contributed by atoms with Gasteiger partial charge in [-0.15, -0.1) is 0 Å². The third-order valence-electron chi connectivity index (χ3n) is 5.07. The van der Waals surface area contributed by atoms with Gasteiger partial charge in [-0.25, -0.2) is 4.99 Å². The molecule has 1 aliphatic rings. The molecular formula is C21H28N6OS. The predicted octanol–water partition coefficient (Wildman–Crippen LogP) is 2.46. The summed E-state index contributed by atoms with van der Waals surface area (Å²) in [6.07, 6.45) is 3.27. The van der Waals surface area contributed by atoms with Crippen molar-refractivity contribution in [2.45, 2.75) is 6.92 Å². The van der Waals surface area contributed by atoms with E-state index in [1.54, 1.807) is 23.9 Å². The molecule has 1 aromatic heterocycles. The van der Waals surface area contributed by atoms with Crippen molar-refractivity contribution in [3.63, 3.8) is 0 Å². The zero-order chi connectivity index (χ0) is 21.0. The van der Waals surface area contributed by atoms with Crippen LogP contribution in [0.3, 0.4) is 0 Å². The van der Waals surface area contributed by atoms with Crippen LogP contribution in [0, 0.1) is 6.92 Å². The number of anilines is 2. The number of nitrogens with one attached hydrogen (secondary N) is 1. The van der Waals surface area contributed by atoms with Crippen LogP contribution in [-0.4, -0.2) is 48.9 Å². The number of aromatic nitrogens is 1. The zero-order valence-electron chi connectivity index (χ0n) is 17.2. The fourth-order valence-electron chi connectivity index (χ4n) is 3.09. The van der Waals surface area contributed by atoms with Crippen LogP contribution >= 0.6 is 11.3 Å². The number of hydrogen-bond acceptors (Lipinski definition) is 7. The summed E-state index contributed by atoms with van der Waals surface area (Å²) < 4.78 is 1.59. The van der Waals surface area contributed by atoms with Gasteiger partial charge >= 0.3 is 4.87 Å². The molecule has 0 bridgehead atoms. The number of piperazine rings is 1. The van der Waals surface area contributed by atoms with Gasteiger partial charge < -0.3 is 25.4 Å². The Hall–Kier alpha value is -2.84. The Morgan fingerprint density at radius 1 is 1.21 bits per heavy atom. The number of aliphatic imine (C=N–C) groups is 1. The van der Waals surface area contributed by atoms with Crippen molar-refractivity contribution in [2.75, 3.05) is 43.4 Å². The Bertz CT molecular complexity index is 978. The van der Waals surface area contributed by atoms with Crippen LogP contribution in [-0.2, 0) is 7.05 Å². The van der Waals surface area contributed by atoms with Crippen LogP contribution in [0.15, 0.2) is 52.5 Å². The number of allylic oxidation sites excluding steroid dienone is 1. The number of rotatable bonds is 6. The normalized spacial score (nSPS) is 15.8. The average molecular weight is 413 g/mol. The summed E-state index contributed by atoms with van der Waals surface area (Å²) in [4.78, 5) is 21.5. The first-order chi connectivity index (χ1) is 13.8. The SMILES string of the molecule is C=C(/N=C\C=C(/N)c1sc(=O)n(C)c1C)Nc1ccc(N2CCN(C)CC2)cc1. The van der Waals surface area contributed by atoms with Crippen molar-refractivity contribution in [1.29, 1.82) is 0 Å². The summed E-state index contributed by atoms with van der Waals surface area (Å²) in [6, 6.07) is 8.29. The minimum atomic E-state index is -0.0307. The highest BCUT2D eigenvalue weighted by Crippen LogP contribution is 2.20. The fourth-order valence-corrected chi connectivity index (χ4v) is 4.01. The maximum atomic E-state index is 11.7. The molecule has 2 heterocycles. The smallest absolute Gasteiger partial charge is 0.307 e. The van der Waals surface area contributed by atoms with Gasteiger partial charge in [0.05, 0.1) is 10.6 Å². The van der Waals surface area contributed by atoms with Crippen molar-refractivity contribution >= 4 is 34.6 Å². The molecule has 0 spiro atoms. The minimum Gasteiger partial charge on any atom is -0.397 e. The molecule has 0 atom stereocenters. The summed E-state index contributed by atoms with van der Waals surface area (Å²) in [5.74, 6) is 0.513. The third kappa shape index (κ3) is 5.16. The van der Waals surface area contributed by atoms with E-state index in [0.29, 0.717) is 11.5 Å². The summed E-state index contributed by atoms with van der Waals surface area (Å²) in [5.41, 5.74) is 9.60. The van der Waals surface area contributed by atoms with Crippen molar-refractivity contribution < 1.29 is 0 Å². The average Bonchev–Trinajstić information content (AvgIpc) is 2.96. The summed E-state index contributed by atoms with van der Waals surface area (Å²) in [7, 11) is 3.89. The lowest BCUT2D eigenvalue weighted by atomic mass is 10.2. The van der Waals surface area contributed by atoms with Crippen LogP contribution in [0.4, 0.5) is 11.4 Å². The van der Waals surface area contributed by atoms with Crippen LogP contribution in [0.25, 0.3) is 5.70 Å². The van der Waals surface area contributed by atoms with E-state index < -0.39 is 0 Å². The van der Waals surface area contributed by atoms with Gasteiger partial charge in [-0.2, -0.15) is 0 Å². The Morgan fingerprint density at radius 2 is 1.86 bits per heavy atom. The van der Waals surface area contributed by atoms with E-state index >= 15 is 0 Å². The molecule has 3 rings (SSSR count). The fraction of sp³-hybridized carbons (Fsp3) is 0.333. The molecule has 2 aromatic rings. The van der Waals surface area contributed by atoms with Gasteiger partial charge in [0.15, 0.2) is 0 Å². The van der Waals surface area contributed by atoms with Crippen molar-refractivity contribution in [3.05, 3.63) is 63.0 Å². The van der Waals surface area contributed by atoms with Gasteiger partial charge in [-0.05, 0) is 44.3 Å². The van der Waals surface area contributed by atoms with E-state index in [9.17, 15) is 4.79 Å². The summed E-state index contributed by atoms with van der Waals surface area (Å²) >= 11 is 1.13. The first-order valence-corrected chi connectivity index (χ1v) is 10.3. The van der Waals surface area contributed by atoms with E-state index in [2.05, 4.69) is 45.9 Å².